The summed E-state index contributed by atoms with van der Waals surface area (Å²) in [6.45, 7) is 8.20. The minimum atomic E-state index is -0.664. The van der Waals surface area contributed by atoms with Crippen LogP contribution in [0.3, 0.4) is 0 Å². The van der Waals surface area contributed by atoms with Crippen LogP contribution < -0.4 is 24.8 Å². The molecule has 2 aliphatic rings. The first-order valence-electron chi connectivity index (χ1n) is 12.2. The Hall–Kier alpha value is -3.26. The van der Waals surface area contributed by atoms with Gasteiger partial charge >= 0.3 is 0 Å². The van der Waals surface area contributed by atoms with Crippen LogP contribution in [0.15, 0.2) is 42.5 Å². The number of rotatable bonds is 9. The van der Waals surface area contributed by atoms with E-state index < -0.39 is 6.04 Å². The highest BCUT2D eigenvalue weighted by Crippen LogP contribution is 2.40. The summed E-state index contributed by atoms with van der Waals surface area (Å²) in [5.41, 5.74) is 1.29. The second kappa shape index (κ2) is 11.0. The third-order valence-electron chi connectivity index (χ3n) is 6.70. The minimum Gasteiger partial charge on any atom is -0.494 e. The van der Waals surface area contributed by atoms with Crippen LogP contribution in [0.1, 0.15) is 49.5 Å². The van der Waals surface area contributed by atoms with E-state index in [0.29, 0.717) is 37.7 Å². The SMILES string of the molecule is CCOc1ccc(C(=O)NC(C(=O)NCC2(c3ccc4c(c3)OCO4)CCOCC2)C(C)C)cc1. The maximum atomic E-state index is 13.3. The third-order valence-corrected chi connectivity index (χ3v) is 6.70. The van der Waals surface area contributed by atoms with Gasteiger partial charge in [0.2, 0.25) is 12.7 Å². The van der Waals surface area contributed by atoms with E-state index in [1.54, 1.807) is 24.3 Å². The summed E-state index contributed by atoms with van der Waals surface area (Å²) in [5.74, 6) is 1.58. The van der Waals surface area contributed by atoms with Gasteiger partial charge in [-0.05, 0) is 67.6 Å². The standard InChI is InChI=1S/C27H34N2O6/c1-4-33-21-8-5-19(6-9-21)25(30)29-24(18(2)3)26(31)28-16-27(11-13-32-14-12-27)20-7-10-22-23(15-20)35-17-34-22/h5-10,15,18,24H,4,11-14,16-17H2,1-3H3,(H,28,31)(H,29,30). The van der Waals surface area contributed by atoms with E-state index in [2.05, 4.69) is 10.6 Å². The Labute approximate surface area is 206 Å². The molecule has 1 atom stereocenters. The monoisotopic (exact) mass is 482 g/mol. The highest BCUT2D eigenvalue weighted by Gasteiger charge is 2.37. The molecular weight excluding hydrogens is 448 g/mol. The Morgan fingerprint density at radius 3 is 2.43 bits per heavy atom. The molecule has 4 rings (SSSR count). The smallest absolute Gasteiger partial charge is 0.251 e. The quantitative estimate of drug-likeness (QED) is 0.569. The van der Waals surface area contributed by atoms with E-state index in [0.717, 1.165) is 29.9 Å². The van der Waals surface area contributed by atoms with Gasteiger partial charge in [0, 0.05) is 30.7 Å². The number of carbonyl (C=O) groups is 2. The second-order valence-corrected chi connectivity index (χ2v) is 9.33. The molecule has 188 valence electrons. The molecule has 0 aliphatic carbocycles. The Kier molecular flexibility index (Phi) is 7.80. The second-order valence-electron chi connectivity index (χ2n) is 9.33. The Morgan fingerprint density at radius 1 is 1.03 bits per heavy atom. The van der Waals surface area contributed by atoms with Gasteiger partial charge in [-0.2, -0.15) is 0 Å². The van der Waals surface area contributed by atoms with Crippen LogP contribution in [-0.2, 0) is 14.9 Å². The van der Waals surface area contributed by atoms with Crippen molar-refractivity contribution in [2.24, 2.45) is 5.92 Å². The summed E-state index contributed by atoms with van der Waals surface area (Å²) in [5, 5.41) is 6.03. The van der Waals surface area contributed by atoms with Crippen LogP contribution in [0.25, 0.3) is 0 Å². The normalized spacial score (nSPS) is 17.0. The van der Waals surface area contributed by atoms with Gasteiger partial charge in [0.1, 0.15) is 11.8 Å². The summed E-state index contributed by atoms with van der Waals surface area (Å²) in [7, 11) is 0. The zero-order valence-corrected chi connectivity index (χ0v) is 20.6. The molecule has 0 spiro atoms. The molecule has 1 saturated heterocycles. The first kappa shape index (κ1) is 24.9. The lowest BCUT2D eigenvalue weighted by atomic mass is 9.74. The van der Waals surface area contributed by atoms with Crippen molar-refractivity contribution in [2.45, 2.75) is 45.1 Å². The van der Waals surface area contributed by atoms with Gasteiger partial charge in [-0.3, -0.25) is 9.59 Å². The van der Waals surface area contributed by atoms with Crippen LogP contribution in [0.2, 0.25) is 0 Å². The zero-order valence-electron chi connectivity index (χ0n) is 20.6. The minimum absolute atomic E-state index is 0.0853. The molecule has 8 heteroatoms. The molecule has 0 bridgehead atoms. The fraction of sp³-hybridized carbons (Fsp3) is 0.481. The average molecular weight is 483 g/mol. The maximum absolute atomic E-state index is 13.3. The number of amides is 2. The summed E-state index contributed by atoms with van der Waals surface area (Å²) in [6.07, 6.45) is 1.55. The first-order valence-corrected chi connectivity index (χ1v) is 12.2. The largest absolute Gasteiger partial charge is 0.494 e. The molecule has 8 nitrogen and oxygen atoms in total. The van der Waals surface area contributed by atoms with Crippen LogP contribution >= 0.6 is 0 Å². The topological polar surface area (TPSA) is 95.1 Å². The molecule has 2 amide bonds. The van der Waals surface area contributed by atoms with Gasteiger partial charge in [-0.25, -0.2) is 0 Å². The summed E-state index contributed by atoms with van der Waals surface area (Å²) in [4.78, 5) is 26.1. The maximum Gasteiger partial charge on any atom is 0.251 e. The number of carbonyl (C=O) groups excluding carboxylic acids is 2. The molecule has 0 radical (unpaired) electrons. The summed E-state index contributed by atoms with van der Waals surface area (Å²) >= 11 is 0. The highest BCUT2D eigenvalue weighted by atomic mass is 16.7. The van der Waals surface area contributed by atoms with E-state index >= 15 is 0 Å². The van der Waals surface area contributed by atoms with E-state index in [4.69, 9.17) is 18.9 Å². The number of nitrogens with one attached hydrogen (secondary N) is 2. The van der Waals surface area contributed by atoms with Crippen molar-refractivity contribution in [3.8, 4) is 17.2 Å². The number of hydrogen-bond donors (Lipinski definition) is 2. The molecule has 1 unspecified atom stereocenters. The van der Waals surface area contributed by atoms with Crippen LogP contribution in [0.5, 0.6) is 17.2 Å². The van der Waals surface area contributed by atoms with Gasteiger partial charge in [0.15, 0.2) is 11.5 Å². The van der Waals surface area contributed by atoms with Crippen molar-refractivity contribution in [2.75, 3.05) is 33.2 Å². The predicted octanol–water partition coefficient (Wildman–Crippen LogP) is 3.43. The van der Waals surface area contributed by atoms with Crippen molar-refractivity contribution in [1.82, 2.24) is 10.6 Å². The fourth-order valence-electron chi connectivity index (χ4n) is 4.55. The van der Waals surface area contributed by atoms with Crippen LogP contribution in [-0.4, -0.2) is 51.0 Å². The molecular formula is C27H34N2O6. The van der Waals surface area contributed by atoms with Crippen molar-refractivity contribution >= 4 is 11.8 Å². The average Bonchev–Trinajstić information content (AvgIpc) is 3.35. The van der Waals surface area contributed by atoms with Crippen LogP contribution in [0.4, 0.5) is 0 Å². The summed E-state index contributed by atoms with van der Waals surface area (Å²) in [6, 6.07) is 12.2. The summed E-state index contributed by atoms with van der Waals surface area (Å²) < 4.78 is 22.1. The van der Waals surface area contributed by atoms with Crippen molar-refractivity contribution in [1.29, 1.82) is 0 Å². The molecule has 1 fully saturated rings. The van der Waals surface area contributed by atoms with Crippen molar-refractivity contribution in [3.05, 3.63) is 53.6 Å². The fourth-order valence-corrected chi connectivity index (χ4v) is 4.55. The van der Waals surface area contributed by atoms with Gasteiger partial charge < -0.3 is 29.6 Å². The van der Waals surface area contributed by atoms with Gasteiger partial charge in [-0.15, -0.1) is 0 Å². The molecule has 0 aromatic heterocycles. The molecule has 0 saturated carbocycles. The van der Waals surface area contributed by atoms with Crippen LogP contribution in [0, 0.1) is 5.92 Å². The first-order chi connectivity index (χ1) is 16.9. The van der Waals surface area contributed by atoms with Gasteiger partial charge in [0.05, 0.1) is 6.61 Å². The lowest BCUT2D eigenvalue weighted by molar-refractivity contribution is -0.124. The number of ether oxygens (including phenoxy) is 4. The highest BCUT2D eigenvalue weighted by molar-refractivity contribution is 5.97. The predicted molar refractivity (Wildman–Crippen MR) is 131 cm³/mol. The lowest BCUT2D eigenvalue weighted by Gasteiger charge is -2.38. The zero-order chi connectivity index (χ0) is 24.8. The molecule has 35 heavy (non-hydrogen) atoms. The Balaban J connectivity index is 1.44. The molecule has 2 aromatic rings. The van der Waals surface area contributed by atoms with E-state index in [9.17, 15) is 9.59 Å². The Bertz CT molecular complexity index is 1030. The molecule has 2 N–H and O–H groups in total. The lowest BCUT2D eigenvalue weighted by Crippen LogP contribution is -2.53. The molecule has 2 aromatic carbocycles. The number of fused-ring (bicyclic) bond motifs is 1. The number of hydrogen-bond acceptors (Lipinski definition) is 6. The van der Waals surface area contributed by atoms with Crippen molar-refractivity contribution < 1.29 is 28.5 Å². The van der Waals surface area contributed by atoms with Gasteiger partial charge in [-0.1, -0.05) is 19.9 Å². The van der Waals surface area contributed by atoms with Gasteiger partial charge in [0.25, 0.3) is 5.91 Å². The van der Waals surface area contributed by atoms with E-state index in [1.807, 2.05) is 39.0 Å². The Morgan fingerprint density at radius 2 is 1.74 bits per heavy atom. The number of benzene rings is 2. The van der Waals surface area contributed by atoms with E-state index in [1.165, 1.54) is 0 Å². The van der Waals surface area contributed by atoms with E-state index in [-0.39, 0.29) is 29.9 Å². The molecule has 2 aliphatic heterocycles. The molecule has 2 heterocycles. The van der Waals surface area contributed by atoms with Crippen molar-refractivity contribution in [3.63, 3.8) is 0 Å². The third kappa shape index (κ3) is 5.70.